The molecule has 156 valence electrons. The molecule has 0 saturated carbocycles. The number of hydrogen-bond donors (Lipinski definition) is 3. The standard InChI is InChI=1S/C21H21BrN4O4/c22-15-1-4-17(5-2-15)30-12-19(27)21(29)26-8-7-13(11-26)20(28)24-16-3-6-18-14(9-16)10-23-25-18/h1-6,9-10,13,19,27H,7-8,11-12H2,(H,23,25)(H,24,28)/t13-,19-/m0/s1. The van der Waals surface area contributed by atoms with Crippen LogP contribution in [0.4, 0.5) is 5.69 Å². The number of aliphatic hydroxyl groups excluding tert-OH is 1. The van der Waals surface area contributed by atoms with Crippen molar-refractivity contribution in [3.05, 3.63) is 53.1 Å². The second kappa shape index (κ2) is 8.85. The monoisotopic (exact) mass is 472 g/mol. The van der Waals surface area contributed by atoms with E-state index in [4.69, 9.17) is 4.74 Å². The molecule has 0 radical (unpaired) electrons. The van der Waals surface area contributed by atoms with E-state index in [-0.39, 0.29) is 25.0 Å². The first kappa shape index (κ1) is 20.4. The number of nitrogens with zero attached hydrogens (tertiary/aromatic N) is 2. The van der Waals surface area contributed by atoms with Gasteiger partial charge in [0.1, 0.15) is 12.4 Å². The predicted molar refractivity (Wildman–Crippen MR) is 115 cm³/mol. The second-order valence-corrected chi connectivity index (χ2v) is 8.13. The maximum absolute atomic E-state index is 12.6. The van der Waals surface area contributed by atoms with Crippen LogP contribution in [0.5, 0.6) is 5.75 Å². The van der Waals surface area contributed by atoms with E-state index in [2.05, 4.69) is 31.4 Å². The molecule has 30 heavy (non-hydrogen) atoms. The lowest BCUT2D eigenvalue weighted by atomic mass is 10.1. The summed E-state index contributed by atoms with van der Waals surface area (Å²) in [7, 11) is 0. The Bertz CT molecular complexity index is 1050. The van der Waals surface area contributed by atoms with Crippen molar-refractivity contribution in [1.29, 1.82) is 0 Å². The maximum atomic E-state index is 12.6. The Hall–Kier alpha value is -2.91. The number of likely N-dealkylation sites (tertiary alicyclic amines) is 1. The summed E-state index contributed by atoms with van der Waals surface area (Å²) in [6.07, 6.45) is 0.962. The molecular weight excluding hydrogens is 452 g/mol. The number of nitrogens with one attached hydrogen (secondary N) is 2. The molecule has 8 nitrogen and oxygen atoms in total. The molecule has 2 aromatic carbocycles. The van der Waals surface area contributed by atoms with Gasteiger partial charge in [0.05, 0.1) is 17.6 Å². The summed E-state index contributed by atoms with van der Waals surface area (Å²) in [6.45, 7) is 0.555. The number of carbonyl (C=O) groups excluding carboxylic acids is 2. The van der Waals surface area contributed by atoms with Gasteiger partial charge in [-0.2, -0.15) is 5.10 Å². The van der Waals surface area contributed by atoms with Crippen LogP contribution in [0.3, 0.4) is 0 Å². The van der Waals surface area contributed by atoms with E-state index < -0.39 is 12.0 Å². The van der Waals surface area contributed by atoms with E-state index in [0.717, 1.165) is 15.4 Å². The minimum Gasteiger partial charge on any atom is -0.490 e. The number of benzene rings is 2. The average Bonchev–Trinajstić information content (AvgIpc) is 3.42. The van der Waals surface area contributed by atoms with E-state index in [1.807, 2.05) is 24.3 Å². The van der Waals surface area contributed by atoms with E-state index in [1.54, 1.807) is 24.4 Å². The third-order valence-corrected chi connectivity index (χ3v) is 5.61. The number of aliphatic hydroxyl groups is 1. The highest BCUT2D eigenvalue weighted by Crippen LogP contribution is 2.22. The molecule has 0 bridgehead atoms. The Morgan fingerprint density at radius 3 is 2.90 bits per heavy atom. The third-order valence-electron chi connectivity index (χ3n) is 5.09. The minimum atomic E-state index is -1.28. The fourth-order valence-corrected chi connectivity index (χ4v) is 3.69. The number of anilines is 1. The Balaban J connectivity index is 1.28. The number of fused-ring (bicyclic) bond motifs is 1. The topological polar surface area (TPSA) is 108 Å². The molecule has 2 atom stereocenters. The molecule has 0 unspecified atom stereocenters. The van der Waals surface area contributed by atoms with Gasteiger partial charge in [0.15, 0.2) is 6.10 Å². The van der Waals surface area contributed by atoms with Crippen molar-refractivity contribution in [2.45, 2.75) is 12.5 Å². The van der Waals surface area contributed by atoms with Gasteiger partial charge >= 0.3 is 0 Å². The van der Waals surface area contributed by atoms with Crippen molar-refractivity contribution in [3.63, 3.8) is 0 Å². The van der Waals surface area contributed by atoms with Crippen molar-refractivity contribution >= 4 is 44.3 Å². The van der Waals surface area contributed by atoms with Gasteiger partial charge in [-0.25, -0.2) is 0 Å². The van der Waals surface area contributed by atoms with Crippen LogP contribution in [-0.2, 0) is 9.59 Å². The quantitative estimate of drug-likeness (QED) is 0.510. The third kappa shape index (κ3) is 4.63. The fourth-order valence-electron chi connectivity index (χ4n) is 3.43. The SMILES string of the molecule is O=C(Nc1ccc2[nH]ncc2c1)[C@H]1CCN(C(=O)[C@@H](O)COc2ccc(Br)cc2)C1. The van der Waals surface area contributed by atoms with E-state index in [9.17, 15) is 14.7 Å². The number of aromatic amines is 1. The summed E-state index contributed by atoms with van der Waals surface area (Å²) in [5.74, 6) is -0.331. The number of rotatable bonds is 6. The van der Waals surface area contributed by atoms with Crippen molar-refractivity contribution in [1.82, 2.24) is 15.1 Å². The number of hydrogen-bond acceptors (Lipinski definition) is 5. The van der Waals surface area contributed by atoms with Crippen LogP contribution in [0.2, 0.25) is 0 Å². The molecule has 4 rings (SSSR count). The van der Waals surface area contributed by atoms with Crippen molar-refractivity contribution in [2.24, 2.45) is 5.92 Å². The van der Waals surface area contributed by atoms with Crippen LogP contribution in [0.1, 0.15) is 6.42 Å². The lowest BCUT2D eigenvalue weighted by Crippen LogP contribution is -2.41. The van der Waals surface area contributed by atoms with Crippen molar-refractivity contribution in [2.75, 3.05) is 25.0 Å². The normalized spacial score (nSPS) is 17.1. The summed E-state index contributed by atoms with van der Waals surface area (Å²) in [6, 6.07) is 12.6. The van der Waals surface area contributed by atoms with Crippen LogP contribution in [0.25, 0.3) is 10.9 Å². The number of carbonyl (C=O) groups is 2. The molecule has 1 aliphatic heterocycles. The Labute approximate surface area is 181 Å². The van der Waals surface area contributed by atoms with E-state index in [1.165, 1.54) is 4.90 Å². The maximum Gasteiger partial charge on any atom is 0.255 e. The van der Waals surface area contributed by atoms with Gasteiger partial charge in [-0.05, 0) is 48.9 Å². The molecule has 1 saturated heterocycles. The van der Waals surface area contributed by atoms with Crippen LogP contribution >= 0.6 is 15.9 Å². The molecule has 2 amide bonds. The fraction of sp³-hybridized carbons (Fsp3) is 0.286. The highest BCUT2D eigenvalue weighted by atomic mass is 79.9. The van der Waals surface area contributed by atoms with Gasteiger partial charge in [-0.3, -0.25) is 14.7 Å². The first-order chi connectivity index (χ1) is 14.5. The van der Waals surface area contributed by atoms with Crippen molar-refractivity contribution in [3.8, 4) is 5.75 Å². The lowest BCUT2D eigenvalue weighted by Gasteiger charge is -2.20. The molecule has 3 aromatic rings. The van der Waals surface area contributed by atoms with Crippen LogP contribution in [0, 0.1) is 5.92 Å². The minimum absolute atomic E-state index is 0.140. The zero-order valence-electron chi connectivity index (χ0n) is 16.0. The molecule has 1 aromatic heterocycles. The first-order valence-electron chi connectivity index (χ1n) is 9.59. The largest absolute Gasteiger partial charge is 0.490 e. The van der Waals surface area contributed by atoms with E-state index >= 15 is 0 Å². The van der Waals surface area contributed by atoms with Crippen molar-refractivity contribution < 1.29 is 19.4 Å². The van der Waals surface area contributed by atoms with Crippen LogP contribution in [-0.4, -0.2) is 57.8 Å². The van der Waals surface area contributed by atoms with Gasteiger partial charge < -0.3 is 20.1 Å². The summed E-state index contributed by atoms with van der Waals surface area (Å²) in [5, 5.41) is 20.8. The van der Waals surface area contributed by atoms with E-state index in [0.29, 0.717) is 24.4 Å². The van der Waals surface area contributed by atoms with Gasteiger partial charge in [0.25, 0.3) is 5.91 Å². The predicted octanol–water partition coefficient (Wildman–Crippen LogP) is 2.55. The summed E-state index contributed by atoms with van der Waals surface area (Å²) in [5.41, 5.74) is 1.58. The number of ether oxygens (including phenoxy) is 1. The highest BCUT2D eigenvalue weighted by Gasteiger charge is 2.33. The smallest absolute Gasteiger partial charge is 0.255 e. The first-order valence-corrected chi connectivity index (χ1v) is 10.4. The number of amides is 2. The summed E-state index contributed by atoms with van der Waals surface area (Å²) < 4.78 is 6.39. The van der Waals surface area contributed by atoms with Gasteiger partial charge in [0, 0.05) is 28.6 Å². The molecular formula is C21H21BrN4O4. The molecule has 1 aliphatic rings. The Kier molecular flexibility index (Phi) is 6.01. The Morgan fingerprint density at radius 1 is 1.30 bits per heavy atom. The second-order valence-electron chi connectivity index (χ2n) is 7.21. The van der Waals surface area contributed by atoms with Gasteiger partial charge in [0.2, 0.25) is 5.91 Å². The highest BCUT2D eigenvalue weighted by molar-refractivity contribution is 9.10. The molecule has 0 aliphatic carbocycles. The number of H-pyrrole nitrogens is 1. The zero-order valence-corrected chi connectivity index (χ0v) is 17.6. The van der Waals surface area contributed by atoms with Crippen LogP contribution in [0.15, 0.2) is 53.1 Å². The lowest BCUT2D eigenvalue weighted by molar-refractivity contribution is -0.140. The Morgan fingerprint density at radius 2 is 2.10 bits per heavy atom. The molecule has 2 heterocycles. The molecule has 1 fully saturated rings. The van der Waals surface area contributed by atoms with Gasteiger partial charge in [-0.1, -0.05) is 15.9 Å². The zero-order chi connectivity index (χ0) is 21.1. The molecule has 9 heteroatoms. The summed E-state index contributed by atoms with van der Waals surface area (Å²) in [4.78, 5) is 26.6. The number of halogens is 1. The van der Waals surface area contributed by atoms with Crippen LogP contribution < -0.4 is 10.1 Å². The summed E-state index contributed by atoms with van der Waals surface area (Å²) >= 11 is 3.34. The van der Waals surface area contributed by atoms with Gasteiger partial charge in [-0.15, -0.1) is 0 Å². The average molecular weight is 473 g/mol. The molecule has 3 N–H and O–H groups in total. The molecule has 0 spiro atoms. The number of aromatic nitrogens is 2.